The van der Waals surface area contributed by atoms with E-state index >= 15 is 0 Å². The van der Waals surface area contributed by atoms with Crippen LogP contribution in [0.3, 0.4) is 0 Å². The summed E-state index contributed by atoms with van der Waals surface area (Å²) < 4.78 is 0. The van der Waals surface area contributed by atoms with Crippen LogP contribution in [0.2, 0.25) is 0 Å². The lowest BCUT2D eigenvalue weighted by atomic mass is 10.1. The zero-order chi connectivity index (χ0) is 10.4. The summed E-state index contributed by atoms with van der Waals surface area (Å²) in [6.45, 7) is 5.00. The third-order valence-electron chi connectivity index (χ3n) is 2.26. The topological polar surface area (TPSA) is 50.9 Å². The molecule has 14 heavy (non-hydrogen) atoms. The Morgan fingerprint density at radius 1 is 1.57 bits per heavy atom. The molecule has 0 bridgehead atoms. The molecule has 0 saturated heterocycles. The molecule has 3 N–H and O–H groups in total. The number of hydrogen-bond donors (Lipinski definition) is 2. The first-order valence-corrected chi connectivity index (χ1v) is 5.11. The largest absolute Gasteiger partial charge is 0.382 e. The van der Waals surface area contributed by atoms with Gasteiger partial charge in [-0.3, -0.25) is 4.98 Å². The van der Waals surface area contributed by atoms with Crippen molar-refractivity contribution in [3.8, 4) is 0 Å². The molecule has 78 valence electrons. The Bertz CT molecular complexity index is 273. The molecule has 1 aromatic heterocycles. The SMILES string of the molecule is Cc1cnccc1NC(C)CCCN. The van der Waals surface area contributed by atoms with E-state index in [0.29, 0.717) is 6.04 Å². The number of nitrogens with zero attached hydrogens (tertiary/aromatic N) is 1. The average Bonchev–Trinajstić information content (AvgIpc) is 2.18. The predicted molar refractivity (Wildman–Crippen MR) is 60.3 cm³/mol. The minimum absolute atomic E-state index is 0.472. The number of pyridine rings is 1. The van der Waals surface area contributed by atoms with E-state index in [2.05, 4.69) is 24.1 Å². The van der Waals surface area contributed by atoms with Gasteiger partial charge in [0, 0.05) is 24.1 Å². The highest BCUT2D eigenvalue weighted by molar-refractivity contribution is 5.49. The van der Waals surface area contributed by atoms with Crippen molar-refractivity contribution in [2.45, 2.75) is 32.7 Å². The van der Waals surface area contributed by atoms with Crippen LogP contribution in [0, 0.1) is 6.92 Å². The molecule has 1 unspecified atom stereocenters. The molecule has 1 atom stereocenters. The first kappa shape index (κ1) is 11.0. The van der Waals surface area contributed by atoms with Crippen LogP contribution in [0.1, 0.15) is 25.3 Å². The maximum Gasteiger partial charge on any atom is 0.0402 e. The standard InChI is InChI=1S/C11H19N3/c1-9-8-13-7-5-11(9)14-10(2)4-3-6-12/h5,7-8,10H,3-4,6,12H2,1-2H3,(H,13,14). The van der Waals surface area contributed by atoms with E-state index in [0.717, 1.165) is 19.4 Å². The lowest BCUT2D eigenvalue weighted by molar-refractivity contribution is 0.662. The van der Waals surface area contributed by atoms with E-state index in [9.17, 15) is 0 Å². The Labute approximate surface area is 85.7 Å². The molecular formula is C11H19N3. The average molecular weight is 193 g/mol. The minimum Gasteiger partial charge on any atom is -0.382 e. The number of rotatable bonds is 5. The Morgan fingerprint density at radius 2 is 2.36 bits per heavy atom. The maximum atomic E-state index is 5.46. The van der Waals surface area contributed by atoms with Gasteiger partial charge in [-0.25, -0.2) is 0 Å². The Hall–Kier alpha value is -1.09. The highest BCUT2D eigenvalue weighted by atomic mass is 14.9. The third-order valence-corrected chi connectivity index (χ3v) is 2.26. The fraction of sp³-hybridized carbons (Fsp3) is 0.545. The van der Waals surface area contributed by atoms with Gasteiger partial charge < -0.3 is 11.1 Å². The fourth-order valence-electron chi connectivity index (χ4n) is 1.40. The van der Waals surface area contributed by atoms with Crippen LogP contribution in [-0.4, -0.2) is 17.6 Å². The zero-order valence-electron chi connectivity index (χ0n) is 8.96. The normalized spacial score (nSPS) is 12.5. The zero-order valence-corrected chi connectivity index (χ0v) is 8.96. The van der Waals surface area contributed by atoms with Crippen LogP contribution >= 0.6 is 0 Å². The van der Waals surface area contributed by atoms with Crippen molar-refractivity contribution in [2.24, 2.45) is 5.73 Å². The summed E-state index contributed by atoms with van der Waals surface area (Å²) >= 11 is 0. The van der Waals surface area contributed by atoms with Crippen LogP contribution in [0.25, 0.3) is 0 Å². The van der Waals surface area contributed by atoms with E-state index < -0.39 is 0 Å². The summed E-state index contributed by atoms with van der Waals surface area (Å²) in [4.78, 5) is 4.05. The van der Waals surface area contributed by atoms with Crippen molar-refractivity contribution in [2.75, 3.05) is 11.9 Å². The Kier molecular flexibility index (Phi) is 4.40. The fourth-order valence-corrected chi connectivity index (χ4v) is 1.40. The van der Waals surface area contributed by atoms with Crippen molar-refractivity contribution in [1.82, 2.24) is 4.98 Å². The third kappa shape index (κ3) is 3.34. The van der Waals surface area contributed by atoms with Crippen LogP contribution in [0.5, 0.6) is 0 Å². The second kappa shape index (κ2) is 5.60. The smallest absolute Gasteiger partial charge is 0.0402 e. The molecule has 0 aliphatic heterocycles. The van der Waals surface area contributed by atoms with Crippen molar-refractivity contribution in [1.29, 1.82) is 0 Å². The molecule has 0 radical (unpaired) electrons. The molecule has 3 nitrogen and oxygen atoms in total. The highest BCUT2D eigenvalue weighted by Gasteiger charge is 2.02. The molecule has 0 aliphatic rings. The number of nitrogens with one attached hydrogen (secondary N) is 1. The molecule has 3 heteroatoms. The Balaban J connectivity index is 2.47. The summed E-state index contributed by atoms with van der Waals surface area (Å²) in [5.74, 6) is 0. The summed E-state index contributed by atoms with van der Waals surface area (Å²) in [5.41, 5.74) is 7.82. The van der Waals surface area contributed by atoms with Gasteiger partial charge >= 0.3 is 0 Å². The van der Waals surface area contributed by atoms with E-state index in [1.54, 1.807) is 0 Å². The van der Waals surface area contributed by atoms with E-state index in [1.165, 1.54) is 11.3 Å². The van der Waals surface area contributed by atoms with Gasteiger partial charge in [0.25, 0.3) is 0 Å². The molecule has 0 saturated carbocycles. The molecule has 0 fully saturated rings. The van der Waals surface area contributed by atoms with Crippen LogP contribution < -0.4 is 11.1 Å². The second-order valence-corrected chi connectivity index (χ2v) is 3.67. The van der Waals surface area contributed by atoms with Gasteiger partial charge in [-0.1, -0.05) is 0 Å². The second-order valence-electron chi connectivity index (χ2n) is 3.67. The van der Waals surface area contributed by atoms with Crippen molar-refractivity contribution < 1.29 is 0 Å². The Morgan fingerprint density at radius 3 is 3.00 bits per heavy atom. The quantitative estimate of drug-likeness (QED) is 0.751. The number of hydrogen-bond acceptors (Lipinski definition) is 3. The number of nitrogens with two attached hydrogens (primary N) is 1. The molecule has 1 heterocycles. The molecule has 1 aromatic rings. The number of anilines is 1. The molecule has 0 aliphatic carbocycles. The molecule has 0 aromatic carbocycles. The maximum absolute atomic E-state index is 5.46. The molecular weight excluding hydrogens is 174 g/mol. The van der Waals surface area contributed by atoms with Gasteiger partial charge in [0.15, 0.2) is 0 Å². The lowest BCUT2D eigenvalue weighted by Crippen LogP contribution is -2.17. The van der Waals surface area contributed by atoms with E-state index in [-0.39, 0.29) is 0 Å². The van der Waals surface area contributed by atoms with Gasteiger partial charge in [-0.15, -0.1) is 0 Å². The summed E-state index contributed by atoms with van der Waals surface area (Å²) in [6.07, 6.45) is 5.86. The lowest BCUT2D eigenvalue weighted by Gasteiger charge is -2.16. The molecule has 0 spiro atoms. The van der Waals surface area contributed by atoms with Crippen LogP contribution in [-0.2, 0) is 0 Å². The van der Waals surface area contributed by atoms with Gasteiger partial charge in [0.1, 0.15) is 0 Å². The number of aryl methyl sites for hydroxylation is 1. The summed E-state index contributed by atoms with van der Waals surface area (Å²) in [5, 5.41) is 3.45. The monoisotopic (exact) mass is 193 g/mol. The van der Waals surface area contributed by atoms with E-state index in [4.69, 9.17) is 5.73 Å². The highest BCUT2D eigenvalue weighted by Crippen LogP contribution is 2.14. The minimum atomic E-state index is 0.472. The van der Waals surface area contributed by atoms with Crippen molar-refractivity contribution >= 4 is 5.69 Å². The van der Waals surface area contributed by atoms with Gasteiger partial charge in [0.2, 0.25) is 0 Å². The van der Waals surface area contributed by atoms with E-state index in [1.807, 2.05) is 18.5 Å². The van der Waals surface area contributed by atoms with Crippen LogP contribution in [0.15, 0.2) is 18.5 Å². The van der Waals surface area contributed by atoms with Crippen molar-refractivity contribution in [3.05, 3.63) is 24.0 Å². The van der Waals surface area contributed by atoms with Crippen LogP contribution in [0.4, 0.5) is 5.69 Å². The van der Waals surface area contributed by atoms with Crippen molar-refractivity contribution in [3.63, 3.8) is 0 Å². The molecule has 0 amide bonds. The predicted octanol–water partition coefficient (Wildman–Crippen LogP) is 1.93. The first-order valence-electron chi connectivity index (χ1n) is 5.11. The van der Waals surface area contributed by atoms with Gasteiger partial charge in [0.05, 0.1) is 0 Å². The number of aromatic nitrogens is 1. The first-order chi connectivity index (χ1) is 6.74. The summed E-state index contributed by atoms with van der Waals surface area (Å²) in [7, 11) is 0. The molecule has 1 rings (SSSR count). The summed E-state index contributed by atoms with van der Waals surface area (Å²) in [6, 6.07) is 2.48. The van der Waals surface area contributed by atoms with Gasteiger partial charge in [-0.05, 0) is 44.9 Å². The van der Waals surface area contributed by atoms with Gasteiger partial charge in [-0.2, -0.15) is 0 Å².